The molecule has 3 aliphatic rings. The summed E-state index contributed by atoms with van der Waals surface area (Å²) in [4.78, 5) is 45.0. The molecule has 2 aliphatic carbocycles. The molecule has 7 heteroatoms. The maximum Gasteiger partial charge on any atom is 0.243 e. The zero-order valence-corrected chi connectivity index (χ0v) is 14.8. The summed E-state index contributed by atoms with van der Waals surface area (Å²) in [6, 6.07) is 5.66. The molecule has 2 fully saturated rings. The number of rotatable bonds is 6. The highest BCUT2D eigenvalue weighted by atomic mass is 16.2. The molecule has 4 atom stereocenters. The Balaban J connectivity index is 1.47. The third kappa shape index (κ3) is 3.01. The van der Waals surface area contributed by atoms with Crippen molar-refractivity contribution in [3.05, 3.63) is 42.2 Å². The number of carbonyl (C=O) groups is 3. The topological polar surface area (TPSA) is 94.4 Å². The molecular formula is C20H20N4O3. The van der Waals surface area contributed by atoms with Crippen LogP contribution in [0.4, 0.5) is 0 Å². The first-order valence-electron chi connectivity index (χ1n) is 9.17. The molecule has 1 aromatic heterocycles. The average Bonchev–Trinajstić information content (AvgIpc) is 3.36. The maximum atomic E-state index is 12.8. The van der Waals surface area contributed by atoms with E-state index in [1.165, 1.54) is 4.90 Å². The van der Waals surface area contributed by atoms with E-state index in [9.17, 15) is 14.4 Å². The molecule has 1 saturated heterocycles. The number of amides is 3. The van der Waals surface area contributed by atoms with Gasteiger partial charge in [0.25, 0.3) is 0 Å². The van der Waals surface area contributed by atoms with Gasteiger partial charge >= 0.3 is 0 Å². The van der Waals surface area contributed by atoms with E-state index in [1.807, 2.05) is 24.3 Å². The minimum absolute atomic E-state index is 0.127. The number of carbonyl (C=O) groups excluding carboxylic acids is 3. The molecule has 3 amide bonds. The van der Waals surface area contributed by atoms with Crippen LogP contribution in [0.15, 0.2) is 36.7 Å². The van der Waals surface area contributed by atoms with E-state index >= 15 is 0 Å². The van der Waals surface area contributed by atoms with Crippen molar-refractivity contribution in [1.82, 2.24) is 14.8 Å². The molecule has 1 aromatic rings. The van der Waals surface area contributed by atoms with Crippen molar-refractivity contribution in [3.8, 4) is 6.07 Å². The van der Waals surface area contributed by atoms with Crippen molar-refractivity contribution >= 4 is 17.7 Å². The van der Waals surface area contributed by atoms with E-state index < -0.39 is 0 Å². The van der Waals surface area contributed by atoms with Crippen molar-refractivity contribution in [1.29, 1.82) is 5.26 Å². The van der Waals surface area contributed by atoms with Crippen molar-refractivity contribution in [2.75, 3.05) is 13.1 Å². The number of nitriles is 1. The summed E-state index contributed by atoms with van der Waals surface area (Å²) in [5.74, 6) is -1.12. The molecule has 1 aliphatic heterocycles. The minimum atomic E-state index is -0.323. The highest BCUT2D eigenvalue weighted by Crippen LogP contribution is 2.52. The van der Waals surface area contributed by atoms with Crippen LogP contribution in [0, 0.1) is 35.0 Å². The number of nitrogens with zero attached hydrogens (tertiary/aromatic N) is 4. The number of allylic oxidation sites excluding steroid dienone is 2. The molecule has 27 heavy (non-hydrogen) atoms. The SMILES string of the molecule is N#CCCN(Cc1cccnc1)C(=O)CN1C(=O)C2C3C=CC(C3)C2C1=O. The molecule has 1 saturated carbocycles. The first-order valence-corrected chi connectivity index (χ1v) is 9.17. The largest absolute Gasteiger partial charge is 0.336 e. The second-order valence-electron chi connectivity index (χ2n) is 7.35. The van der Waals surface area contributed by atoms with Crippen LogP contribution in [0.2, 0.25) is 0 Å². The van der Waals surface area contributed by atoms with Gasteiger partial charge in [-0.05, 0) is 29.9 Å². The fraction of sp³-hybridized carbons (Fsp3) is 0.450. The summed E-state index contributed by atoms with van der Waals surface area (Å²) >= 11 is 0. The molecular weight excluding hydrogens is 344 g/mol. The number of hydrogen-bond donors (Lipinski definition) is 0. The van der Waals surface area contributed by atoms with Crippen LogP contribution < -0.4 is 0 Å². The molecule has 2 heterocycles. The van der Waals surface area contributed by atoms with Crippen LogP contribution >= 0.6 is 0 Å². The lowest BCUT2D eigenvalue weighted by atomic mass is 9.85. The minimum Gasteiger partial charge on any atom is -0.336 e. The zero-order chi connectivity index (χ0) is 19.0. The normalized spacial score (nSPS) is 27.7. The number of likely N-dealkylation sites (tertiary alicyclic amines) is 1. The van der Waals surface area contributed by atoms with Gasteiger partial charge in [0.15, 0.2) is 0 Å². The van der Waals surface area contributed by atoms with Gasteiger partial charge in [-0.1, -0.05) is 18.2 Å². The third-order valence-corrected chi connectivity index (χ3v) is 5.80. The molecule has 0 radical (unpaired) electrons. The van der Waals surface area contributed by atoms with Gasteiger partial charge in [0, 0.05) is 25.5 Å². The Hall–Kier alpha value is -3.01. The van der Waals surface area contributed by atoms with Crippen LogP contribution in [0.1, 0.15) is 18.4 Å². The van der Waals surface area contributed by atoms with Gasteiger partial charge < -0.3 is 4.90 Å². The van der Waals surface area contributed by atoms with Gasteiger partial charge in [-0.25, -0.2) is 0 Å². The standard InChI is InChI=1S/C20H20N4O3/c21-6-2-8-23(11-13-3-1-7-22-10-13)16(25)12-24-19(26)17-14-4-5-15(9-14)18(17)20(24)27/h1,3-5,7,10,14-15,17-18H,2,8-9,11-12H2. The Labute approximate surface area is 157 Å². The molecule has 7 nitrogen and oxygen atoms in total. The van der Waals surface area contributed by atoms with Gasteiger partial charge in [0.1, 0.15) is 6.54 Å². The van der Waals surface area contributed by atoms with Gasteiger partial charge in [-0.3, -0.25) is 24.3 Å². The van der Waals surface area contributed by atoms with Crippen LogP contribution in [-0.4, -0.2) is 45.6 Å². The molecule has 0 spiro atoms. The summed E-state index contributed by atoms with van der Waals surface area (Å²) in [5.41, 5.74) is 0.835. The Bertz CT molecular complexity index is 815. The summed E-state index contributed by atoms with van der Waals surface area (Å²) in [6.07, 6.45) is 8.42. The van der Waals surface area contributed by atoms with E-state index in [4.69, 9.17) is 5.26 Å². The summed E-state index contributed by atoms with van der Waals surface area (Å²) in [6.45, 7) is 0.292. The van der Waals surface area contributed by atoms with Crippen molar-refractivity contribution in [3.63, 3.8) is 0 Å². The molecule has 2 bridgehead atoms. The number of hydrogen-bond acceptors (Lipinski definition) is 5. The molecule has 0 N–H and O–H groups in total. The maximum absolute atomic E-state index is 12.8. The van der Waals surface area contributed by atoms with Crippen molar-refractivity contribution in [2.45, 2.75) is 19.4 Å². The fourth-order valence-electron chi connectivity index (χ4n) is 4.54. The highest BCUT2D eigenvalue weighted by Gasteiger charge is 2.59. The van der Waals surface area contributed by atoms with E-state index in [1.54, 1.807) is 18.5 Å². The predicted octanol–water partition coefficient (Wildman–Crippen LogP) is 1.13. The predicted molar refractivity (Wildman–Crippen MR) is 94.3 cm³/mol. The summed E-state index contributed by atoms with van der Waals surface area (Å²) in [5, 5.41) is 8.88. The fourth-order valence-corrected chi connectivity index (χ4v) is 4.54. The van der Waals surface area contributed by atoms with Crippen molar-refractivity contribution in [2.24, 2.45) is 23.7 Å². The second kappa shape index (κ2) is 6.95. The number of imide groups is 1. The Kier molecular flexibility index (Phi) is 4.48. The van der Waals surface area contributed by atoms with Crippen molar-refractivity contribution < 1.29 is 14.4 Å². The third-order valence-electron chi connectivity index (χ3n) is 5.80. The van der Waals surface area contributed by atoms with E-state index in [0.29, 0.717) is 6.54 Å². The van der Waals surface area contributed by atoms with Gasteiger partial charge in [0.05, 0.1) is 24.3 Å². The summed E-state index contributed by atoms with van der Waals surface area (Å²) in [7, 11) is 0. The summed E-state index contributed by atoms with van der Waals surface area (Å²) < 4.78 is 0. The Morgan fingerprint density at radius 1 is 1.26 bits per heavy atom. The molecule has 0 aromatic carbocycles. The lowest BCUT2D eigenvalue weighted by molar-refractivity contribution is -0.147. The second-order valence-corrected chi connectivity index (χ2v) is 7.35. The van der Waals surface area contributed by atoms with E-state index in [2.05, 4.69) is 4.98 Å². The van der Waals surface area contributed by atoms with E-state index in [0.717, 1.165) is 16.9 Å². The Morgan fingerprint density at radius 2 is 1.96 bits per heavy atom. The first-order chi connectivity index (χ1) is 13.1. The van der Waals surface area contributed by atoms with Crippen LogP contribution in [0.3, 0.4) is 0 Å². The lowest BCUT2D eigenvalue weighted by Crippen LogP contribution is -2.43. The van der Waals surface area contributed by atoms with Crippen LogP contribution in [0.25, 0.3) is 0 Å². The zero-order valence-electron chi connectivity index (χ0n) is 14.8. The van der Waals surface area contributed by atoms with E-state index in [-0.39, 0.29) is 60.9 Å². The van der Waals surface area contributed by atoms with Gasteiger partial charge in [0.2, 0.25) is 17.7 Å². The lowest BCUT2D eigenvalue weighted by Gasteiger charge is -2.25. The quantitative estimate of drug-likeness (QED) is 0.557. The monoisotopic (exact) mass is 364 g/mol. The average molecular weight is 364 g/mol. The highest BCUT2D eigenvalue weighted by molar-refractivity contribution is 6.08. The Morgan fingerprint density at radius 3 is 2.56 bits per heavy atom. The number of aromatic nitrogens is 1. The van der Waals surface area contributed by atoms with Gasteiger partial charge in [-0.15, -0.1) is 0 Å². The molecule has 138 valence electrons. The first kappa shape index (κ1) is 17.4. The number of pyridine rings is 1. The molecule has 4 rings (SSSR count). The van der Waals surface area contributed by atoms with Crippen LogP contribution in [0.5, 0.6) is 0 Å². The molecule has 4 unspecified atom stereocenters. The van der Waals surface area contributed by atoms with Gasteiger partial charge in [-0.2, -0.15) is 5.26 Å². The van der Waals surface area contributed by atoms with Crippen LogP contribution in [-0.2, 0) is 20.9 Å². The smallest absolute Gasteiger partial charge is 0.243 e. The number of fused-ring (bicyclic) bond motifs is 5.